The molecule has 24 nitrogen and oxygen atoms in total. The number of nitrogens with one attached hydrogen (secondary N) is 1. The monoisotopic (exact) mass is 1490 g/mol. The van der Waals surface area contributed by atoms with E-state index in [1.807, 2.05) is 153 Å². The van der Waals surface area contributed by atoms with Crippen molar-refractivity contribution in [3.63, 3.8) is 0 Å². The second-order valence-corrected chi connectivity index (χ2v) is 28.2. The Morgan fingerprint density at radius 3 is 1.28 bits per heavy atom. The highest BCUT2D eigenvalue weighted by atomic mass is 19.4. The molecule has 0 aromatic heterocycles. The number of alkyl halides is 3. The molecule has 27 heteroatoms. The Balaban J connectivity index is 0.000000173. The van der Waals surface area contributed by atoms with Crippen LogP contribution in [0.25, 0.3) is 0 Å². The van der Waals surface area contributed by atoms with Gasteiger partial charge in [0.2, 0.25) is 35.4 Å². The molecule has 6 fully saturated rings. The van der Waals surface area contributed by atoms with Crippen LogP contribution in [-0.4, -0.2) is 193 Å². The first-order chi connectivity index (χ1) is 52.0. The van der Waals surface area contributed by atoms with Crippen LogP contribution in [0.15, 0.2) is 158 Å². The fourth-order valence-corrected chi connectivity index (χ4v) is 15.0. The van der Waals surface area contributed by atoms with Gasteiger partial charge in [0.25, 0.3) is 0 Å². The normalized spacial score (nSPS) is 20.1. The molecule has 6 aliphatic heterocycles. The zero-order valence-corrected chi connectivity index (χ0v) is 61.7. The lowest BCUT2D eigenvalue weighted by Gasteiger charge is -2.52. The van der Waals surface area contributed by atoms with Gasteiger partial charge in [-0.15, -0.1) is 0 Å². The van der Waals surface area contributed by atoms with Crippen LogP contribution in [0.1, 0.15) is 126 Å². The molecule has 108 heavy (non-hydrogen) atoms. The Morgan fingerprint density at radius 1 is 0.444 bits per heavy atom. The Hall–Kier alpha value is -10.4. The summed E-state index contributed by atoms with van der Waals surface area (Å²) in [5, 5.41) is 2.71. The van der Waals surface area contributed by atoms with Crippen molar-refractivity contribution < 1.29 is 65.8 Å². The Kier molecular flexibility index (Phi) is 28.2. The highest BCUT2D eigenvalue weighted by molar-refractivity contribution is 5.93. The van der Waals surface area contributed by atoms with E-state index in [4.69, 9.17) is 26.7 Å². The summed E-state index contributed by atoms with van der Waals surface area (Å²) in [5.41, 5.74) is 23.9. The molecule has 6 saturated heterocycles. The van der Waals surface area contributed by atoms with Gasteiger partial charge in [0, 0.05) is 65.1 Å². The molecule has 0 bridgehead atoms. The predicted molar refractivity (Wildman–Crippen MR) is 398 cm³/mol. The zero-order chi connectivity index (χ0) is 77.0. The number of nitrogens with zero attached hydrogens (tertiary/aromatic N) is 9. The van der Waals surface area contributed by atoms with Crippen LogP contribution in [0.4, 0.5) is 27.6 Å². The van der Waals surface area contributed by atoms with E-state index >= 15 is 0 Å². The van der Waals surface area contributed by atoms with Gasteiger partial charge in [0.05, 0.1) is 25.2 Å². The van der Waals surface area contributed by atoms with Gasteiger partial charge in [-0.3, -0.25) is 38.6 Å². The molecule has 6 aliphatic rings. The molecule has 6 atom stereocenters. The van der Waals surface area contributed by atoms with Crippen LogP contribution >= 0.6 is 0 Å². The van der Waals surface area contributed by atoms with Crippen molar-refractivity contribution in [2.75, 3.05) is 58.9 Å². The SMILES string of the molecule is Cc1cc(CNC(=O)N2CCC(=O)N3C2CN(Cc2ccccc2)C(=O)[C@@H]3CCCN)cc(C(F)(F)F)c1.Cc1cccc(COC(=O)N2CCC(=O)N3C2CN(Cc2ccccc2)C(=O)[C@@H]3CCCCN)c1.Cc1ccccc1COC(=O)N1CCC(=O)N2C1CN(Cc1ccccc1)C(=O)[C@@H]2CCCCN. The van der Waals surface area contributed by atoms with Crippen molar-refractivity contribution in [2.45, 2.75) is 174 Å². The molecule has 6 aromatic rings. The third kappa shape index (κ3) is 20.4. The standard InChI is InChI=1S/C27H32F3N5O3.2C27H34N4O4/c1-18-12-20(14-21(13-18)27(28,29)30)15-32-26(38)34-11-9-24(36)35-22(8-5-10-31)25(37)33(17-23(34)35)16-19-6-3-2-4-7-19;1-20-9-5-6-12-22(20)19-35-27(34)30-16-14-25(32)31-23(13-7-8-15-28)26(33)29(18-24(30)31)17-21-10-3-2-4-11-21;1-20-8-7-11-22(16-20)19-35-27(34)30-15-13-25(32)31-23(12-5-6-14-28)26(33)29(18-24(30)31)17-21-9-3-2-4-10-21/h2-4,6-7,12-14,22-23H,5,8-11,15-17,31H2,1H3,(H,32,38);2-6,9-12,23-24H,7-8,13-19,28H2,1H3;2-4,7-11,16,23-24H,5-6,12-15,17-19,28H2,1H3/t22-,23?;2*23-,24?/m000/s1. The van der Waals surface area contributed by atoms with Crippen molar-refractivity contribution >= 4 is 53.7 Å². The number of carbonyl (C=O) groups is 9. The number of nitrogens with two attached hydrogens (primary N) is 3. The predicted octanol–water partition coefficient (Wildman–Crippen LogP) is 9.30. The highest BCUT2D eigenvalue weighted by Crippen LogP contribution is 2.35. The summed E-state index contributed by atoms with van der Waals surface area (Å²) in [6.07, 6.45) is -1.83. The summed E-state index contributed by atoms with van der Waals surface area (Å²) in [7, 11) is 0. The second-order valence-electron chi connectivity index (χ2n) is 28.2. The summed E-state index contributed by atoms with van der Waals surface area (Å²) in [5.74, 6) is -0.737. The van der Waals surface area contributed by atoms with E-state index in [2.05, 4.69) is 5.32 Å². The van der Waals surface area contributed by atoms with Crippen LogP contribution in [0.5, 0.6) is 0 Å². The lowest BCUT2D eigenvalue weighted by molar-refractivity contribution is -0.169. The molecule has 6 heterocycles. The van der Waals surface area contributed by atoms with Gasteiger partial charge in [-0.2, -0.15) is 13.2 Å². The Bertz CT molecular complexity index is 4090. The maximum absolute atomic E-state index is 13.5. The average molecular weight is 1490 g/mol. The summed E-state index contributed by atoms with van der Waals surface area (Å²) in [6.45, 7) is 9.69. The summed E-state index contributed by atoms with van der Waals surface area (Å²) < 4.78 is 51.0. The lowest BCUT2D eigenvalue weighted by Crippen LogP contribution is -2.71. The van der Waals surface area contributed by atoms with Crippen molar-refractivity contribution in [1.82, 2.24) is 49.4 Å². The Morgan fingerprint density at radius 2 is 0.843 bits per heavy atom. The molecule has 7 N–H and O–H groups in total. The number of amides is 10. The van der Waals surface area contributed by atoms with Crippen LogP contribution in [0.3, 0.4) is 0 Å². The van der Waals surface area contributed by atoms with Crippen molar-refractivity contribution in [1.29, 1.82) is 0 Å². The van der Waals surface area contributed by atoms with Crippen LogP contribution in [-0.2, 0) is 83.8 Å². The lowest BCUT2D eigenvalue weighted by atomic mass is 9.98. The number of hydrogen-bond donors (Lipinski definition) is 4. The molecule has 576 valence electrons. The third-order valence-corrected chi connectivity index (χ3v) is 20.4. The quantitative estimate of drug-likeness (QED) is 0.0435. The molecule has 12 rings (SSSR count). The van der Waals surface area contributed by atoms with E-state index in [9.17, 15) is 56.3 Å². The average Bonchev–Trinajstić information content (AvgIpc) is 0.769. The Labute approximate surface area is 629 Å². The zero-order valence-electron chi connectivity index (χ0n) is 61.7. The van der Waals surface area contributed by atoms with E-state index in [0.29, 0.717) is 76.1 Å². The van der Waals surface area contributed by atoms with E-state index in [1.54, 1.807) is 47.3 Å². The molecule has 6 aromatic carbocycles. The maximum Gasteiger partial charge on any atom is 0.416 e. The van der Waals surface area contributed by atoms with E-state index < -0.39 is 66.6 Å². The van der Waals surface area contributed by atoms with Gasteiger partial charge in [-0.05, 0) is 143 Å². The van der Waals surface area contributed by atoms with Gasteiger partial charge in [-0.1, -0.05) is 157 Å². The number of hydrogen-bond acceptors (Lipinski definition) is 14. The maximum atomic E-state index is 13.5. The number of rotatable bonds is 23. The molecular formula is C81H100F3N13O11. The first-order valence-corrected chi connectivity index (χ1v) is 37.3. The van der Waals surface area contributed by atoms with Gasteiger partial charge >= 0.3 is 24.4 Å². The van der Waals surface area contributed by atoms with Gasteiger partial charge in [0.1, 0.15) is 49.8 Å². The molecular weight excluding hydrogens is 1390 g/mol. The molecule has 3 unspecified atom stereocenters. The number of benzene rings is 6. The number of urea groups is 1. The topological polar surface area (TPSA) is 291 Å². The van der Waals surface area contributed by atoms with Gasteiger partial charge in [0.15, 0.2) is 0 Å². The summed E-state index contributed by atoms with van der Waals surface area (Å²) in [6, 6.07) is 45.8. The number of piperazine rings is 3. The highest BCUT2D eigenvalue weighted by Gasteiger charge is 2.52. The van der Waals surface area contributed by atoms with E-state index in [1.165, 1.54) is 9.80 Å². The molecule has 10 amide bonds. The smallest absolute Gasteiger partial charge is 0.416 e. The van der Waals surface area contributed by atoms with Crippen molar-refractivity contribution in [3.8, 4) is 0 Å². The van der Waals surface area contributed by atoms with E-state index in [0.717, 1.165) is 76.8 Å². The number of ether oxygens (including phenoxy) is 2. The first kappa shape index (κ1) is 80.2. The van der Waals surface area contributed by atoms with Gasteiger partial charge in [-0.25, -0.2) is 14.4 Å². The number of halogens is 3. The summed E-state index contributed by atoms with van der Waals surface area (Å²) in [4.78, 5) is 134. The fourth-order valence-electron chi connectivity index (χ4n) is 15.0. The van der Waals surface area contributed by atoms with Crippen LogP contribution < -0.4 is 22.5 Å². The third-order valence-electron chi connectivity index (χ3n) is 20.4. The fraction of sp³-hybridized carbons (Fsp3) is 0.444. The van der Waals surface area contributed by atoms with Crippen LogP contribution in [0, 0.1) is 20.8 Å². The van der Waals surface area contributed by atoms with Gasteiger partial charge < -0.3 is 66.3 Å². The first-order valence-electron chi connectivity index (χ1n) is 37.3. The van der Waals surface area contributed by atoms with Crippen molar-refractivity contribution in [2.24, 2.45) is 17.2 Å². The number of fused-ring (bicyclic) bond motifs is 3. The number of aryl methyl sites for hydroxylation is 3. The summed E-state index contributed by atoms with van der Waals surface area (Å²) >= 11 is 0. The molecule has 0 saturated carbocycles. The minimum absolute atomic E-state index is 0.0533. The van der Waals surface area contributed by atoms with Crippen LogP contribution in [0.2, 0.25) is 0 Å². The van der Waals surface area contributed by atoms with E-state index in [-0.39, 0.29) is 114 Å². The minimum atomic E-state index is -4.49. The minimum Gasteiger partial charge on any atom is -0.444 e. The second kappa shape index (κ2) is 37.9. The van der Waals surface area contributed by atoms with Crippen molar-refractivity contribution in [3.05, 3.63) is 213 Å². The number of unbranched alkanes of at least 4 members (excludes halogenated alkanes) is 2. The largest absolute Gasteiger partial charge is 0.444 e. The molecule has 0 spiro atoms. The molecule has 0 radical (unpaired) electrons. The molecule has 0 aliphatic carbocycles. The number of carbonyl (C=O) groups excluding carboxylic acids is 9.